The highest BCUT2D eigenvalue weighted by Crippen LogP contribution is 2.16. The lowest BCUT2D eigenvalue weighted by Crippen LogP contribution is -2.53. The minimum absolute atomic E-state index is 0.232. The van der Waals surface area contributed by atoms with E-state index in [0.717, 1.165) is 16.7 Å². The molecule has 3 rings (SSSR count). The number of hydrogen-bond donors (Lipinski definition) is 2. The average Bonchev–Trinajstić information content (AvgIpc) is 2.88. The van der Waals surface area contributed by atoms with Gasteiger partial charge >= 0.3 is 5.97 Å². The first-order valence-electron chi connectivity index (χ1n) is 11.4. The Balaban J connectivity index is 1.64. The monoisotopic (exact) mass is 474 g/mol. The third-order valence-electron chi connectivity index (χ3n) is 5.39. The van der Waals surface area contributed by atoms with Crippen LogP contribution in [0.5, 0.6) is 5.75 Å². The molecule has 0 fully saturated rings. The number of carbonyl (C=O) groups excluding carboxylic acids is 3. The predicted molar refractivity (Wildman–Crippen MR) is 133 cm³/mol. The van der Waals surface area contributed by atoms with Crippen LogP contribution in [0.25, 0.3) is 0 Å². The molecule has 2 amide bonds. The maximum atomic E-state index is 13.0. The SMILES string of the molecule is COC(=O)[C@H](Cc1ccc(OCc2ccccc2)cc1)NC(=O)[C@@H](Cc1ccccc1)NC(C)=O. The molecule has 7 nitrogen and oxygen atoms in total. The molecule has 2 N–H and O–H groups in total. The molecule has 0 aromatic heterocycles. The molecule has 182 valence electrons. The second-order valence-corrected chi connectivity index (χ2v) is 8.15. The van der Waals surface area contributed by atoms with Crippen LogP contribution in [0.3, 0.4) is 0 Å². The van der Waals surface area contributed by atoms with E-state index in [2.05, 4.69) is 10.6 Å². The highest BCUT2D eigenvalue weighted by Gasteiger charge is 2.27. The molecular weight excluding hydrogens is 444 g/mol. The van der Waals surface area contributed by atoms with Crippen molar-refractivity contribution < 1.29 is 23.9 Å². The number of methoxy groups -OCH3 is 1. The molecule has 0 heterocycles. The van der Waals surface area contributed by atoms with Gasteiger partial charge in [0.1, 0.15) is 24.4 Å². The minimum atomic E-state index is -0.907. The Morgan fingerprint density at radius 1 is 0.714 bits per heavy atom. The molecule has 0 aliphatic carbocycles. The Bertz CT molecular complexity index is 1100. The largest absolute Gasteiger partial charge is 0.489 e. The van der Waals surface area contributed by atoms with Crippen molar-refractivity contribution in [3.8, 4) is 5.75 Å². The van der Waals surface area contributed by atoms with E-state index in [1.165, 1.54) is 14.0 Å². The van der Waals surface area contributed by atoms with E-state index in [1.54, 1.807) is 0 Å². The summed E-state index contributed by atoms with van der Waals surface area (Å²) in [6.07, 6.45) is 0.531. The molecule has 3 aromatic carbocycles. The summed E-state index contributed by atoms with van der Waals surface area (Å²) in [6, 6.07) is 24.8. The first-order valence-corrected chi connectivity index (χ1v) is 11.4. The minimum Gasteiger partial charge on any atom is -0.489 e. The van der Waals surface area contributed by atoms with Gasteiger partial charge in [0, 0.05) is 19.8 Å². The standard InChI is InChI=1S/C28H30N2O5/c1-20(31)29-25(17-21-9-5-3-6-10-21)27(32)30-26(28(33)34-2)18-22-13-15-24(16-14-22)35-19-23-11-7-4-8-12-23/h3-16,25-26H,17-19H2,1-2H3,(H,29,31)(H,30,32)/t25-,26+/m1/s1. The number of amides is 2. The van der Waals surface area contributed by atoms with E-state index >= 15 is 0 Å². The van der Waals surface area contributed by atoms with Crippen LogP contribution in [-0.4, -0.2) is 37.0 Å². The lowest BCUT2D eigenvalue weighted by Gasteiger charge is -2.22. The lowest BCUT2D eigenvalue weighted by atomic mass is 10.0. The van der Waals surface area contributed by atoms with Gasteiger partial charge in [-0.05, 0) is 28.8 Å². The van der Waals surface area contributed by atoms with Gasteiger partial charge in [-0.1, -0.05) is 72.8 Å². The molecular formula is C28H30N2O5. The van der Waals surface area contributed by atoms with E-state index in [4.69, 9.17) is 9.47 Å². The van der Waals surface area contributed by atoms with Crippen molar-refractivity contribution in [1.82, 2.24) is 10.6 Å². The Kier molecular flexibility index (Phi) is 9.42. The normalized spacial score (nSPS) is 12.2. The molecule has 3 aromatic rings. The zero-order valence-corrected chi connectivity index (χ0v) is 19.9. The first-order chi connectivity index (χ1) is 16.9. The quantitative estimate of drug-likeness (QED) is 0.416. The summed E-state index contributed by atoms with van der Waals surface area (Å²) in [6.45, 7) is 1.80. The van der Waals surface area contributed by atoms with Crippen molar-refractivity contribution in [2.75, 3.05) is 7.11 Å². The molecule has 0 bridgehead atoms. The van der Waals surface area contributed by atoms with Gasteiger partial charge in [-0.25, -0.2) is 4.79 Å². The summed E-state index contributed by atoms with van der Waals surface area (Å²) in [5.41, 5.74) is 2.78. The summed E-state index contributed by atoms with van der Waals surface area (Å²) in [5.74, 6) is -0.655. The molecule has 0 saturated carbocycles. The zero-order chi connectivity index (χ0) is 25.0. The number of carbonyl (C=O) groups is 3. The fraction of sp³-hybridized carbons (Fsp3) is 0.250. The van der Waals surface area contributed by atoms with E-state index < -0.39 is 24.0 Å². The predicted octanol–water partition coefficient (Wildman–Crippen LogP) is 3.21. The van der Waals surface area contributed by atoms with Gasteiger partial charge in [0.2, 0.25) is 11.8 Å². The molecule has 0 aliphatic rings. The molecule has 0 aliphatic heterocycles. The van der Waals surface area contributed by atoms with Crippen molar-refractivity contribution in [2.45, 2.75) is 38.5 Å². The van der Waals surface area contributed by atoms with Gasteiger partial charge in [0.05, 0.1) is 7.11 Å². The van der Waals surface area contributed by atoms with Gasteiger partial charge < -0.3 is 20.1 Å². The zero-order valence-electron chi connectivity index (χ0n) is 19.9. The van der Waals surface area contributed by atoms with Gasteiger partial charge in [-0.15, -0.1) is 0 Å². The van der Waals surface area contributed by atoms with E-state index in [9.17, 15) is 14.4 Å². The van der Waals surface area contributed by atoms with Crippen LogP contribution in [0.15, 0.2) is 84.9 Å². The summed E-state index contributed by atoms with van der Waals surface area (Å²) in [7, 11) is 1.28. The topological polar surface area (TPSA) is 93.7 Å². The van der Waals surface area contributed by atoms with Crippen LogP contribution < -0.4 is 15.4 Å². The van der Waals surface area contributed by atoms with Crippen LogP contribution in [0.1, 0.15) is 23.6 Å². The number of nitrogens with one attached hydrogen (secondary N) is 2. The van der Waals surface area contributed by atoms with Crippen molar-refractivity contribution in [1.29, 1.82) is 0 Å². The molecule has 2 atom stereocenters. The van der Waals surface area contributed by atoms with Crippen molar-refractivity contribution in [2.24, 2.45) is 0 Å². The molecule has 0 radical (unpaired) electrons. The van der Waals surface area contributed by atoms with Crippen LogP contribution >= 0.6 is 0 Å². The van der Waals surface area contributed by atoms with Crippen molar-refractivity contribution in [3.63, 3.8) is 0 Å². The van der Waals surface area contributed by atoms with Crippen LogP contribution in [0.2, 0.25) is 0 Å². The molecule has 0 saturated heterocycles. The average molecular weight is 475 g/mol. The lowest BCUT2D eigenvalue weighted by molar-refractivity contribution is -0.145. The van der Waals surface area contributed by atoms with Crippen LogP contribution in [-0.2, 0) is 38.6 Å². The highest BCUT2D eigenvalue weighted by molar-refractivity contribution is 5.90. The Hall–Kier alpha value is -4.13. The molecule has 7 heteroatoms. The Morgan fingerprint density at radius 2 is 1.26 bits per heavy atom. The van der Waals surface area contributed by atoms with Gasteiger partial charge in [-0.3, -0.25) is 9.59 Å². The second kappa shape index (κ2) is 12.9. The van der Waals surface area contributed by atoms with Gasteiger partial charge in [-0.2, -0.15) is 0 Å². The highest BCUT2D eigenvalue weighted by atomic mass is 16.5. The number of ether oxygens (including phenoxy) is 2. The number of benzene rings is 3. The summed E-state index contributed by atoms with van der Waals surface area (Å²) >= 11 is 0. The third kappa shape index (κ3) is 8.30. The number of hydrogen-bond acceptors (Lipinski definition) is 5. The summed E-state index contributed by atoms with van der Waals surface area (Å²) in [4.78, 5) is 37.2. The fourth-order valence-electron chi connectivity index (χ4n) is 3.61. The van der Waals surface area contributed by atoms with Crippen LogP contribution in [0.4, 0.5) is 0 Å². The summed E-state index contributed by atoms with van der Waals surface area (Å²) in [5, 5.41) is 5.41. The molecule has 0 unspecified atom stereocenters. The van der Waals surface area contributed by atoms with Crippen LogP contribution in [0, 0.1) is 0 Å². The maximum absolute atomic E-state index is 13.0. The van der Waals surface area contributed by atoms with Crippen molar-refractivity contribution >= 4 is 17.8 Å². The maximum Gasteiger partial charge on any atom is 0.328 e. The smallest absolute Gasteiger partial charge is 0.328 e. The first kappa shape index (κ1) is 25.5. The van der Waals surface area contributed by atoms with E-state index in [0.29, 0.717) is 18.8 Å². The number of esters is 1. The third-order valence-corrected chi connectivity index (χ3v) is 5.39. The van der Waals surface area contributed by atoms with Gasteiger partial charge in [0.25, 0.3) is 0 Å². The fourth-order valence-corrected chi connectivity index (χ4v) is 3.61. The van der Waals surface area contributed by atoms with Gasteiger partial charge in [0.15, 0.2) is 0 Å². The van der Waals surface area contributed by atoms with E-state index in [-0.39, 0.29) is 12.3 Å². The number of rotatable bonds is 11. The Morgan fingerprint density at radius 3 is 1.83 bits per heavy atom. The Labute approximate surface area is 205 Å². The molecule has 0 spiro atoms. The van der Waals surface area contributed by atoms with Crippen molar-refractivity contribution in [3.05, 3.63) is 102 Å². The summed E-state index contributed by atoms with van der Waals surface area (Å²) < 4.78 is 10.7. The molecule has 35 heavy (non-hydrogen) atoms. The van der Waals surface area contributed by atoms with E-state index in [1.807, 2.05) is 84.9 Å². The second-order valence-electron chi connectivity index (χ2n) is 8.15.